The number of fused-ring (bicyclic) bond motifs is 1. The van der Waals surface area contributed by atoms with E-state index in [1.165, 1.54) is 12.1 Å². The van der Waals surface area contributed by atoms with Gasteiger partial charge in [0.15, 0.2) is 5.78 Å². The fourth-order valence-corrected chi connectivity index (χ4v) is 2.57. The van der Waals surface area contributed by atoms with Crippen LogP contribution in [0.15, 0.2) is 48.7 Å². The molecular weight excluding hydrogens is 267 g/mol. The van der Waals surface area contributed by atoms with Crippen molar-refractivity contribution in [2.75, 3.05) is 19.3 Å². The zero-order chi connectivity index (χ0) is 15.0. The molecular formula is C17H15FN2O. The quantitative estimate of drug-likeness (QED) is 0.818. The lowest BCUT2D eigenvalue weighted by Crippen LogP contribution is -2.19. The highest BCUT2D eigenvalue weighted by molar-refractivity contribution is 6.04. The van der Waals surface area contributed by atoms with Gasteiger partial charge in [-0.2, -0.15) is 0 Å². The van der Waals surface area contributed by atoms with Crippen molar-refractivity contribution < 1.29 is 9.18 Å². The van der Waals surface area contributed by atoms with Crippen molar-refractivity contribution in [3.63, 3.8) is 0 Å². The van der Waals surface area contributed by atoms with Crippen molar-refractivity contribution in [3.8, 4) is 0 Å². The molecule has 1 aliphatic rings. The molecule has 0 fully saturated rings. The summed E-state index contributed by atoms with van der Waals surface area (Å²) in [6.07, 6.45) is 1.79. The smallest absolute Gasteiger partial charge is 0.182 e. The molecule has 4 heteroatoms. The fraction of sp³-hybridized carbons (Fsp3) is 0.118. The molecule has 2 aromatic rings. The maximum absolute atomic E-state index is 14.2. The Balaban J connectivity index is 2.27. The van der Waals surface area contributed by atoms with Crippen LogP contribution in [0.25, 0.3) is 5.57 Å². The van der Waals surface area contributed by atoms with Gasteiger partial charge in [-0.1, -0.05) is 24.3 Å². The van der Waals surface area contributed by atoms with E-state index in [4.69, 9.17) is 5.73 Å². The van der Waals surface area contributed by atoms with Crippen LogP contribution in [-0.4, -0.2) is 24.3 Å². The van der Waals surface area contributed by atoms with Gasteiger partial charge in [-0.25, -0.2) is 4.39 Å². The van der Waals surface area contributed by atoms with Crippen molar-refractivity contribution in [3.05, 3.63) is 71.2 Å². The Morgan fingerprint density at radius 3 is 2.57 bits per heavy atom. The van der Waals surface area contributed by atoms with Gasteiger partial charge in [0.25, 0.3) is 0 Å². The molecule has 0 saturated heterocycles. The standard InChI is InChI=1S/C17H15FN2O/c1-20-9-15(14-8-11(19)6-7-16(14)18)12-4-2-3-5-13(12)17(21)10-20/h2-9H,10,19H2,1H3. The zero-order valence-electron chi connectivity index (χ0n) is 11.6. The number of ketones is 1. The summed E-state index contributed by atoms with van der Waals surface area (Å²) in [6, 6.07) is 11.7. The molecule has 0 aliphatic carbocycles. The van der Waals surface area contributed by atoms with E-state index >= 15 is 0 Å². The van der Waals surface area contributed by atoms with Crippen LogP contribution < -0.4 is 5.73 Å². The Morgan fingerprint density at radius 2 is 1.81 bits per heavy atom. The van der Waals surface area contributed by atoms with Crippen LogP contribution in [0.2, 0.25) is 0 Å². The van der Waals surface area contributed by atoms with Crippen molar-refractivity contribution >= 4 is 17.0 Å². The molecule has 1 aliphatic heterocycles. The van der Waals surface area contributed by atoms with Crippen LogP contribution in [0.5, 0.6) is 0 Å². The lowest BCUT2D eigenvalue weighted by Gasteiger charge is -2.13. The van der Waals surface area contributed by atoms with Crippen molar-refractivity contribution in [1.82, 2.24) is 4.90 Å². The van der Waals surface area contributed by atoms with Crippen molar-refractivity contribution in [2.45, 2.75) is 0 Å². The van der Waals surface area contributed by atoms with Crippen LogP contribution in [-0.2, 0) is 0 Å². The molecule has 0 saturated carbocycles. The van der Waals surface area contributed by atoms with Gasteiger partial charge in [-0.15, -0.1) is 0 Å². The molecule has 3 rings (SSSR count). The second kappa shape index (κ2) is 5.05. The second-order valence-corrected chi connectivity index (χ2v) is 5.17. The molecule has 21 heavy (non-hydrogen) atoms. The van der Waals surface area contributed by atoms with Gasteiger partial charge < -0.3 is 10.6 Å². The van der Waals surface area contributed by atoms with Gasteiger partial charge in [0.2, 0.25) is 0 Å². The summed E-state index contributed by atoms with van der Waals surface area (Å²) in [4.78, 5) is 14.0. The van der Waals surface area contributed by atoms with Crippen LogP contribution in [0.1, 0.15) is 21.5 Å². The molecule has 0 bridgehead atoms. The summed E-state index contributed by atoms with van der Waals surface area (Å²) >= 11 is 0. The van der Waals surface area contributed by atoms with Gasteiger partial charge in [0.05, 0.1) is 6.54 Å². The summed E-state index contributed by atoms with van der Waals surface area (Å²) in [5.74, 6) is -0.336. The van der Waals surface area contributed by atoms with Crippen LogP contribution in [0.3, 0.4) is 0 Å². The summed E-state index contributed by atoms with van der Waals surface area (Å²) in [6.45, 7) is 0.268. The highest BCUT2D eigenvalue weighted by Crippen LogP contribution is 2.31. The zero-order valence-corrected chi connectivity index (χ0v) is 11.6. The lowest BCUT2D eigenvalue weighted by atomic mass is 9.93. The van der Waals surface area contributed by atoms with Gasteiger partial charge in [-0.05, 0) is 23.8 Å². The topological polar surface area (TPSA) is 46.3 Å². The Labute approximate surface area is 122 Å². The number of nitrogens with two attached hydrogens (primary N) is 1. The third kappa shape index (κ3) is 2.40. The largest absolute Gasteiger partial charge is 0.399 e. The monoisotopic (exact) mass is 282 g/mol. The normalized spacial score (nSPS) is 14.5. The summed E-state index contributed by atoms with van der Waals surface area (Å²) in [5, 5.41) is 0. The van der Waals surface area contributed by atoms with E-state index in [9.17, 15) is 9.18 Å². The molecule has 0 unspecified atom stereocenters. The molecule has 0 aromatic heterocycles. The van der Waals surface area contributed by atoms with Gasteiger partial charge in [0.1, 0.15) is 5.82 Å². The van der Waals surface area contributed by atoms with E-state index < -0.39 is 0 Å². The van der Waals surface area contributed by atoms with E-state index in [1.807, 2.05) is 18.2 Å². The third-order valence-electron chi connectivity index (χ3n) is 3.54. The molecule has 106 valence electrons. The van der Waals surface area contributed by atoms with E-state index in [-0.39, 0.29) is 18.1 Å². The molecule has 2 N–H and O–H groups in total. The van der Waals surface area contributed by atoms with Crippen LogP contribution >= 0.6 is 0 Å². The molecule has 0 spiro atoms. The summed E-state index contributed by atoms with van der Waals surface area (Å²) in [7, 11) is 1.80. The number of carbonyl (C=O) groups excluding carboxylic acids is 1. The Morgan fingerprint density at radius 1 is 1.10 bits per heavy atom. The maximum atomic E-state index is 14.2. The number of nitrogen functional groups attached to an aromatic ring is 1. The predicted octanol–water partition coefficient (Wildman–Crippen LogP) is 2.93. The SMILES string of the molecule is CN1C=C(c2cc(N)ccc2F)c2ccccc2C(=O)C1. The Bertz CT molecular complexity index is 752. The minimum absolute atomic E-state index is 0.0173. The Hall–Kier alpha value is -2.62. The highest BCUT2D eigenvalue weighted by Gasteiger charge is 2.22. The van der Waals surface area contributed by atoms with Gasteiger partial charge in [0, 0.05) is 35.6 Å². The number of hydrogen-bond acceptors (Lipinski definition) is 3. The van der Waals surface area contributed by atoms with Gasteiger partial charge >= 0.3 is 0 Å². The molecule has 0 atom stereocenters. The van der Waals surface area contributed by atoms with Crippen molar-refractivity contribution in [1.29, 1.82) is 0 Å². The fourth-order valence-electron chi connectivity index (χ4n) is 2.57. The molecule has 2 aromatic carbocycles. The average molecular weight is 282 g/mol. The minimum Gasteiger partial charge on any atom is -0.399 e. The average Bonchev–Trinajstić information content (AvgIpc) is 2.59. The van der Waals surface area contributed by atoms with Gasteiger partial charge in [-0.3, -0.25) is 4.79 Å². The highest BCUT2D eigenvalue weighted by atomic mass is 19.1. The molecule has 1 heterocycles. The Kier molecular flexibility index (Phi) is 3.22. The number of nitrogens with zero attached hydrogens (tertiary/aromatic N) is 1. The summed E-state index contributed by atoms with van der Waals surface area (Å²) < 4.78 is 14.2. The maximum Gasteiger partial charge on any atom is 0.182 e. The third-order valence-corrected chi connectivity index (χ3v) is 3.54. The number of likely N-dealkylation sites (N-methyl/N-ethyl adjacent to an activating group) is 1. The molecule has 0 radical (unpaired) electrons. The van der Waals surface area contributed by atoms with Crippen LogP contribution in [0.4, 0.5) is 10.1 Å². The number of carbonyl (C=O) groups is 1. The number of halogens is 1. The number of Topliss-reactive ketones (excluding diaryl/α,β-unsaturated/α-hetero) is 1. The van der Waals surface area contributed by atoms with E-state index in [0.29, 0.717) is 22.4 Å². The number of anilines is 1. The second-order valence-electron chi connectivity index (χ2n) is 5.17. The lowest BCUT2D eigenvalue weighted by molar-refractivity contribution is 0.0966. The first-order valence-corrected chi connectivity index (χ1v) is 6.66. The van der Waals surface area contributed by atoms with E-state index in [1.54, 1.807) is 30.3 Å². The minimum atomic E-state index is -0.354. The van der Waals surface area contributed by atoms with E-state index in [0.717, 1.165) is 5.56 Å². The number of rotatable bonds is 1. The molecule has 0 amide bonds. The summed E-state index contributed by atoms with van der Waals surface area (Å²) in [5.41, 5.74) is 8.69. The van der Waals surface area contributed by atoms with Crippen LogP contribution in [0, 0.1) is 5.82 Å². The number of benzene rings is 2. The predicted molar refractivity (Wildman–Crippen MR) is 81.3 cm³/mol. The first-order valence-electron chi connectivity index (χ1n) is 6.66. The van der Waals surface area contributed by atoms with Crippen molar-refractivity contribution in [2.24, 2.45) is 0 Å². The molecule has 3 nitrogen and oxygen atoms in total. The first kappa shape index (κ1) is 13.4. The van der Waals surface area contributed by atoms with E-state index in [2.05, 4.69) is 0 Å². The number of hydrogen-bond donors (Lipinski definition) is 1. The first-order chi connectivity index (χ1) is 10.1.